The van der Waals surface area contributed by atoms with E-state index in [4.69, 9.17) is 0 Å². The van der Waals surface area contributed by atoms with E-state index in [1.165, 1.54) is 4.68 Å². The van der Waals surface area contributed by atoms with Gasteiger partial charge in [0, 0.05) is 17.8 Å². The fraction of sp³-hybridized carbons (Fsp3) is 0.636. The maximum Gasteiger partial charge on any atom is 0.283 e. The van der Waals surface area contributed by atoms with Gasteiger partial charge in [-0.25, -0.2) is 4.68 Å². The molecule has 0 unspecified atom stereocenters. The summed E-state index contributed by atoms with van der Waals surface area (Å²) >= 11 is 5.10. The topological polar surface area (TPSA) is 46.9 Å². The third-order valence-electron chi connectivity index (χ3n) is 2.54. The number of nitrogens with zero attached hydrogens (tertiary/aromatic N) is 2. The lowest BCUT2D eigenvalue weighted by Gasteiger charge is -2.23. The summed E-state index contributed by atoms with van der Waals surface area (Å²) in [6.07, 6.45) is 3.76. The number of thioether (sulfide) groups is 1. The van der Waals surface area contributed by atoms with E-state index in [-0.39, 0.29) is 10.3 Å². The Bertz CT molecular complexity index is 445. The molecule has 1 N–H and O–H groups in total. The molecule has 0 atom stereocenters. The molecular weight excluding hydrogens is 302 g/mol. The molecule has 1 aromatic heterocycles. The van der Waals surface area contributed by atoms with Gasteiger partial charge in [0.2, 0.25) is 0 Å². The molecule has 0 fully saturated rings. The molecule has 17 heavy (non-hydrogen) atoms. The number of rotatable bonds is 5. The summed E-state index contributed by atoms with van der Waals surface area (Å²) in [7, 11) is 0. The zero-order valence-electron chi connectivity index (χ0n) is 10.6. The Morgan fingerprint density at radius 2 is 2.24 bits per heavy atom. The summed E-state index contributed by atoms with van der Waals surface area (Å²) in [5.74, 6) is 0. The average molecular weight is 320 g/mol. The van der Waals surface area contributed by atoms with E-state index in [1.54, 1.807) is 18.0 Å². The molecule has 1 aromatic rings. The van der Waals surface area contributed by atoms with Crippen LogP contribution in [-0.4, -0.2) is 27.3 Å². The van der Waals surface area contributed by atoms with Crippen molar-refractivity contribution in [2.24, 2.45) is 0 Å². The summed E-state index contributed by atoms with van der Waals surface area (Å²) < 4.78 is 2.10. The summed E-state index contributed by atoms with van der Waals surface area (Å²) in [4.78, 5) is 11.8. The quantitative estimate of drug-likeness (QED) is 0.906. The van der Waals surface area contributed by atoms with Crippen LogP contribution in [0.5, 0.6) is 0 Å². The normalized spacial score (nSPS) is 11.6. The van der Waals surface area contributed by atoms with Crippen molar-refractivity contribution in [3.63, 3.8) is 0 Å². The summed E-state index contributed by atoms with van der Waals surface area (Å²) in [6, 6.07) is 0. The highest BCUT2D eigenvalue weighted by Crippen LogP contribution is 2.23. The van der Waals surface area contributed by atoms with E-state index < -0.39 is 0 Å². The number of halogens is 1. The summed E-state index contributed by atoms with van der Waals surface area (Å²) in [5.41, 5.74) is 0.654. The molecular formula is C11H18BrN3OS. The highest BCUT2D eigenvalue weighted by Gasteiger charge is 2.16. The Balaban J connectivity index is 2.87. The Hall–Kier alpha value is -0.490. The van der Waals surface area contributed by atoms with E-state index in [2.05, 4.69) is 46.4 Å². The van der Waals surface area contributed by atoms with E-state index in [0.717, 1.165) is 12.2 Å². The van der Waals surface area contributed by atoms with Gasteiger partial charge in [0.05, 0.1) is 11.9 Å². The smallest absolute Gasteiger partial charge is 0.283 e. The van der Waals surface area contributed by atoms with Crippen molar-refractivity contribution >= 4 is 33.4 Å². The zero-order valence-corrected chi connectivity index (χ0v) is 13.0. The summed E-state index contributed by atoms with van der Waals surface area (Å²) in [6.45, 7) is 7.56. The van der Waals surface area contributed by atoms with Crippen LogP contribution in [0.3, 0.4) is 0 Å². The van der Waals surface area contributed by atoms with Gasteiger partial charge in [-0.05, 0) is 43.0 Å². The standard InChI is InChI=1S/C11H18BrN3OS/c1-5-15-10(16)9(12)8(6-14-15)13-7-11(2,3)17-4/h6,13H,5,7H2,1-4H3. The van der Waals surface area contributed by atoms with Crippen LogP contribution in [0.4, 0.5) is 5.69 Å². The van der Waals surface area contributed by atoms with Crippen LogP contribution in [0.2, 0.25) is 0 Å². The van der Waals surface area contributed by atoms with Gasteiger partial charge in [-0.3, -0.25) is 4.79 Å². The number of nitrogens with one attached hydrogen (secondary N) is 1. The van der Waals surface area contributed by atoms with Crippen LogP contribution >= 0.6 is 27.7 Å². The molecule has 0 spiro atoms. The van der Waals surface area contributed by atoms with E-state index in [1.807, 2.05) is 6.92 Å². The molecule has 1 rings (SSSR count). The Kier molecular flexibility index (Phi) is 5.06. The molecule has 0 aromatic carbocycles. The van der Waals surface area contributed by atoms with Crippen molar-refractivity contribution in [3.05, 3.63) is 21.0 Å². The van der Waals surface area contributed by atoms with Crippen LogP contribution in [-0.2, 0) is 6.54 Å². The predicted octanol–water partition coefficient (Wildman–Crippen LogP) is 2.58. The molecule has 0 aliphatic carbocycles. The molecule has 0 saturated heterocycles. The monoisotopic (exact) mass is 319 g/mol. The molecule has 1 heterocycles. The molecule has 6 heteroatoms. The Morgan fingerprint density at radius 3 is 2.76 bits per heavy atom. The molecule has 0 aliphatic rings. The minimum atomic E-state index is -0.0977. The van der Waals surface area contributed by atoms with Crippen LogP contribution in [0.25, 0.3) is 0 Å². The van der Waals surface area contributed by atoms with Crippen molar-refractivity contribution < 1.29 is 0 Å². The second kappa shape index (κ2) is 5.91. The van der Waals surface area contributed by atoms with E-state index in [9.17, 15) is 4.79 Å². The van der Waals surface area contributed by atoms with Gasteiger partial charge in [-0.1, -0.05) is 0 Å². The summed E-state index contributed by atoms with van der Waals surface area (Å²) in [5, 5.41) is 7.34. The van der Waals surface area contributed by atoms with Crippen LogP contribution in [0.15, 0.2) is 15.5 Å². The molecule has 0 amide bonds. The molecule has 0 aliphatic heterocycles. The molecule has 4 nitrogen and oxygen atoms in total. The highest BCUT2D eigenvalue weighted by molar-refractivity contribution is 9.10. The largest absolute Gasteiger partial charge is 0.381 e. The van der Waals surface area contributed by atoms with Gasteiger partial charge in [0.15, 0.2) is 0 Å². The Labute approximate surface area is 114 Å². The minimum absolute atomic E-state index is 0.0977. The number of hydrogen-bond donors (Lipinski definition) is 1. The lowest BCUT2D eigenvalue weighted by atomic mass is 10.2. The van der Waals surface area contributed by atoms with Crippen molar-refractivity contribution in [1.29, 1.82) is 0 Å². The predicted molar refractivity (Wildman–Crippen MR) is 78.0 cm³/mol. The third-order valence-corrected chi connectivity index (χ3v) is 4.56. The molecule has 96 valence electrons. The number of aryl methyl sites for hydroxylation is 1. The fourth-order valence-corrected chi connectivity index (χ4v) is 1.86. The minimum Gasteiger partial charge on any atom is -0.381 e. The van der Waals surface area contributed by atoms with E-state index in [0.29, 0.717) is 11.0 Å². The fourth-order valence-electron chi connectivity index (χ4n) is 1.19. The van der Waals surface area contributed by atoms with Crippen LogP contribution in [0, 0.1) is 0 Å². The second-order valence-corrected chi connectivity index (χ2v) is 6.62. The molecule has 0 saturated carbocycles. The van der Waals surface area contributed by atoms with Gasteiger partial charge in [-0.15, -0.1) is 0 Å². The van der Waals surface area contributed by atoms with Crippen molar-refractivity contribution in [3.8, 4) is 0 Å². The zero-order chi connectivity index (χ0) is 13.1. The molecule has 0 bridgehead atoms. The van der Waals surface area contributed by atoms with Crippen molar-refractivity contribution in [2.75, 3.05) is 18.1 Å². The third kappa shape index (κ3) is 3.74. The first-order valence-corrected chi connectivity index (χ1v) is 7.47. The lowest BCUT2D eigenvalue weighted by molar-refractivity contribution is 0.612. The van der Waals surface area contributed by atoms with Crippen LogP contribution in [0.1, 0.15) is 20.8 Å². The van der Waals surface area contributed by atoms with Gasteiger partial charge < -0.3 is 5.32 Å². The first-order valence-electron chi connectivity index (χ1n) is 5.46. The number of aromatic nitrogens is 2. The van der Waals surface area contributed by atoms with Crippen LogP contribution < -0.4 is 10.9 Å². The first kappa shape index (κ1) is 14.6. The average Bonchev–Trinajstić information content (AvgIpc) is 2.31. The Morgan fingerprint density at radius 1 is 1.59 bits per heavy atom. The second-order valence-electron chi connectivity index (χ2n) is 4.31. The number of anilines is 1. The first-order chi connectivity index (χ1) is 7.91. The van der Waals surface area contributed by atoms with Gasteiger partial charge in [0.25, 0.3) is 5.56 Å². The SMILES string of the molecule is CCn1ncc(NCC(C)(C)SC)c(Br)c1=O. The maximum atomic E-state index is 11.8. The lowest BCUT2D eigenvalue weighted by Crippen LogP contribution is -2.28. The molecule has 0 radical (unpaired) electrons. The van der Waals surface area contributed by atoms with Gasteiger partial charge in [-0.2, -0.15) is 16.9 Å². The van der Waals surface area contributed by atoms with E-state index >= 15 is 0 Å². The number of hydrogen-bond acceptors (Lipinski definition) is 4. The maximum absolute atomic E-state index is 11.8. The highest BCUT2D eigenvalue weighted by atomic mass is 79.9. The van der Waals surface area contributed by atoms with Gasteiger partial charge in [0.1, 0.15) is 4.47 Å². The van der Waals surface area contributed by atoms with Gasteiger partial charge >= 0.3 is 0 Å². The van der Waals surface area contributed by atoms with Crippen molar-refractivity contribution in [2.45, 2.75) is 32.1 Å². The van der Waals surface area contributed by atoms with Crippen molar-refractivity contribution in [1.82, 2.24) is 9.78 Å².